The van der Waals surface area contributed by atoms with E-state index in [1.165, 1.54) is 68.4 Å². The zero-order chi connectivity index (χ0) is 34.8. The molecule has 5 unspecified atom stereocenters. The van der Waals surface area contributed by atoms with Crippen LogP contribution >= 0.6 is 0 Å². The molecule has 0 spiro atoms. The Kier molecular flexibility index (Phi) is 8.08. The van der Waals surface area contributed by atoms with Crippen LogP contribution in [0.3, 0.4) is 0 Å². The summed E-state index contributed by atoms with van der Waals surface area (Å²) in [5.74, 6) is -8.78. The number of guanidine groups is 1. The number of fused-ring (bicyclic) bond motifs is 3. The number of nitrogens with zero attached hydrogens (tertiary/aromatic N) is 2. The third kappa shape index (κ3) is 5.16. The summed E-state index contributed by atoms with van der Waals surface area (Å²) in [5.41, 5.74) is 4.47. The fourth-order valence-electron chi connectivity index (χ4n) is 6.73. The molecule has 0 saturated heterocycles. The van der Waals surface area contributed by atoms with Gasteiger partial charge in [-0.15, -0.1) is 4.40 Å². The molecule has 0 aliphatic heterocycles. The molecule has 0 bridgehead atoms. The first-order valence-corrected chi connectivity index (χ1v) is 15.7. The minimum atomic E-state index is -4.14. The van der Waals surface area contributed by atoms with E-state index in [9.17, 15) is 48.3 Å². The van der Waals surface area contributed by atoms with Crippen molar-refractivity contribution in [3.8, 4) is 5.75 Å². The second kappa shape index (κ2) is 11.4. The number of carbonyl (C=O) groups excluding carboxylic acids is 3. The molecule has 16 nitrogen and oxygen atoms in total. The van der Waals surface area contributed by atoms with Crippen molar-refractivity contribution >= 4 is 44.9 Å². The number of nitrogens with two attached hydrogens (primary N) is 2. The van der Waals surface area contributed by atoms with Crippen molar-refractivity contribution in [1.29, 1.82) is 0 Å². The van der Waals surface area contributed by atoms with E-state index in [-0.39, 0.29) is 29.1 Å². The van der Waals surface area contributed by atoms with Gasteiger partial charge in [0.15, 0.2) is 11.4 Å². The Bertz CT molecular complexity index is 1900. The molecule has 0 heterocycles. The highest BCUT2D eigenvalue weighted by Crippen LogP contribution is 2.57. The zero-order valence-corrected chi connectivity index (χ0v) is 26.2. The number of aliphatic hydroxyl groups is 4. The highest BCUT2D eigenvalue weighted by Gasteiger charge is 2.66. The number of amides is 1. The maximum atomic E-state index is 14.2. The van der Waals surface area contributed by atoms with Gasteiger partial charge in [-0.05, 0) is 63.3 Å². The number of anilines is 1. The van der Waals surface area contributed by atoms with Gasteiger partial charge in [-0.1, -0.05) is 12.1 Å². The number of carbonyl (C=O) groups is 3. The molecule has 1 fully saturated rings. The summed E-state index contributed by atoms with van der Waals surface area (Å²) in [5, 5.41) is 61.9. The molecule has 0 aromatic heterocycles. The largest absolute Gasteiger partial charge is 0.508 e. The maximum absolute atomic E-state index is 14.2. The number of sulfonamides is 1. The summed E-state index contributed by atoms with van der Waals surface area (Å²) < 4.78 is 27.5. The summed E-state index contributed by atoms with van der Waals surface area (Å²) in [6.45, 7) is 1.03. The van der Waals surface area contributed by atoms with E-state index >= 15 is 0 Å². The highest BCUT2D eigenvalue weighted by molar-refractivity contribution is 7.90. The second-order valence-electron chi connectivity index (χ2n) is 12.0. The average molecular weight is 671 g/mol. The lowest BCUT2D eigenvalue weighted by atomic mass is 9.54. The van der Waals surface area contributed by atoms with Gasteiger partial charge in [-0.2, -0.15) is 8.42 Å². The lowest BCUT2D eigenvalue weighted by Crippen LogP contribution is -2.67. The number of nitrogens with one attached hydrogen (secondary N) is 2. The minimum absolute atomic E-state index is 0.128. The van der Waals surface area contributed by atoms with Crippen molar-refractivity contribution in [3.05, 3.63) is 70.5 Å². The fourth-order valence-corrected chi connectivity index (χ4v) is 7.60. The summed E-state index contributed by atoms with van der Waals surface area (Å²) >= 11 is 0. The van der Waals surface area contributed by atoms with Crippen LogP contribution in [0.25, 0.3) is 5.76 Å². The molecule has 17 heteroatoms. The lowest BCUT2D eigenvalue weighted by Gasteiger charge is -2.53. The Balaban J connectivity index is 1.48. The Morgan fingerprint density at radius 3 is 2.30 bits per heavy atom. The van der Waals surface area contributed by atoms with Gasteiger partial charge in [0.2, 0.25) is 11.7 Å². The number of benzene rings is 2. The van der Waals surface area contributed by atoms with Gasteiger partial charge in [0.25, 0.3) is 15.9 Å². The molecule has 3 aliphatic carbocycles. The summed E-state index contributed by atoms with van der Waals surface area (Å²) in [6.07, 6.45) is -0.270. The Hall–Kier alpha value is -4.97. The molecule has 250 valence electrons. The lowest BCUT2D eigenvalue weighted by molar-refractivity contribution is -0.159. The molecular formula is C30H34N6O10S. The van der Waals surface area contributed by atoms with E-state index in [4.69, 9.17) is 11.5 Å². The normalized spacial score (nSPS) is 27.1. The number of hydrogen-bond donors (Lipinski definition) is 9. The van der Waals surface area contributed by atoms with Gasteiger partial charge in [0, 0.05) is 23.1 Å². The highest BCUT2D eigenvalue weighted by atomic mass is 32.2. The van der Waals surface area contributed by atoms with E-state index < -0.39 is 91.0 Å². The molecule has 2 aromatic carbocycles. The molecule has 47 heavy (non-hydrogen) atoms. The van der Waals surface area contributed by atoms with Crippen LogP contribution in [0.4, 0.5) is 5.69 Å². The molecule has 0 radical (unpaired) electrons. The van der Waals surface area contributed by atoms with Gasteiger partial charge < -0.3 is 47.6 Å². The monoisotopic (exact) mass is 670 g/mol. The minimum Gasteiger partial charge on any atom is -0.508 e. The molecule has 1 saturated carbocycles. The van der Waals surface area contributed by atoms with Crippen LogP contribution < -0.4 is 22.1 Å². The van der Waals surface area contributed by atoms with Crippen LogP contribution in [0.15, 0.2) is 68.7 Å². The quantitative estimate of drug-likeness (QED) is 0.0762. The van der Waals surface area contributed by atoms with Crippen molar-refractivity contribution in [2.45, 2.75) is 35.5 Å². The topological polar surface area (TPSA) is 278 Å². The van der Waals surface area contributed by atoms with Crippen LogP contribution in [-0.4, -0.2) is 94.7 Å². The zero-order valence-electron chi connectivity index (χ0n) is 25.4. The predicted octanol–water partition coefficient (Wildman–Crippen LogP) is -0.708. The summed E-state index contributed by atoms with van der Waals surface area (Å²) in [4.78, 5) is 42.5. The fraction of sp³-hybridized carbons (Fsp3) is 0.333. The summed E-state index contributed by atoms with van der Waals surface area (Å²) in [6, 6.07) is 7.96. The number of aromatic hydroxyl groups is 1. The SMILES string of the molecule is CN(C)C1C(=O)C(C(=O)NCNc2ccc(S(=O)(=O)N=C(N)N)cc2)=C(O)C2(O)C(=O)C3=C(O)c4c(O)cccc4C(C)(O)C3CC12. The predicted molar refractivity (Wildman–Crippen MR) is 167 cm³/mol. The molecular weight excluding hydrogens is 636 g/mol. The Labute approximate surface area is 268 Å². The van der Waals surface area contributed by atoms with Crippen LogP contribution in [0.5, 0.6) is 5.75 Å². The van der Waals surface area contributed by atoms with Crippen LogP contribution in [0.2, 0.25) is 0 Å². The molecule has 2 aromatic rings. The number of Topliss-reactive ketones (excluding diaryl/α,β-unsaturated/α-hetero) is 2. The number of phenolic OH excluding ortho intramolecular Hbond substituents is 1. The number of phenols is 1. The van der Waals surface area contributed by atoms with E-state index in [1.54, 1.807) is 0 Å². The number of hydrogen-bond acceptors (Lipinski definition) is 12. The first-order valence-electron chi connectivity index (χ1n) is 14.2. The van der Waals surface area contributed by atoms with Crippen molar-refractivity contribution < 1.29 is 48.3 Å². The first-order chi connectivity index (χ1) is 21.8. The maximum Gasteiger partial charge on any atom is 0.285 e. The standard InChI is InChI=1S/C30H34N6O10S/c1-29(43)15-5-4-6-18(37)19(15)23(38)20-16(29)11-17-22(36(2)3)24(39)21(26(41)30(17,44)25(20)40)27(42)34-12-33-13-7-9-14(10-8-13)47(45,46)35-28(31)32/h4-10,16-17,22,33,37-38,41,43-44H,11-12H2,1-3H3,(H,34,42)(H4,31,32,35). The van der Waals surface area contributed by atoms with E-state index in [2.05, 4.69) is 15.0 Å². The first kappa shape index (κ1) is 33.4. The molecule has 3 aliphatic rings. The van der Waals surface area contributed by atoms with Crippen LogP contribution in [0.1, 0.15) is 24.5 Å². The molecule has 11 N–H and O–H groups in total. The molecule has 1 amide bonds. The molecule has 5 atom stereocenters. The van der Waals surface area contributed by atoms with Crippen molar-refractivity contribution in [2.24, 2.45) is 27.7 Å². The molecule has 5 rings (SSSR count). The van der Waals surface area contributed by atoms with Gasteiger partial charge in [-0.25, -0.2) is 0 Å². The van der Waals surface area contributed by atoms with Gasteiger partial charge >= 0.3 is 0 Å². The third-order valence-electron chi connectivity index (χ3n) is 8.92. The van der Waals surface area contributed by atoms with Crippen molar-refractivity contribution in [1.82, 2.24) is 10.2 Å². The van der Waals surface area contributed by atoms with Crippen molar-refractivity contribution in [3.63, 3.8) is 0 Å². The van der Waals surface area contributed by atoms with E-state index in [1.807, 2.05) is 0 Å². The van der Waals surface area contributed by atoms with Crippen LogP contribution in [0, 0.1) is 11.8 Å². The smallest absolute Gasteiger partial charge is 0.285 e. The number of likely N-dealkylation sites (N-methyl/N-ethyl adjacent to an activating group) is 1. The average Bonchev–Trinajstić information content (AvgIpc) is 2.97. The van der Waals surface area contributed by atoms with E-state index in [0.717, 1.165) is 0 Å². The second-order valence-corrected chi connectivity index (χ2v) is 13.6. The Morgan fingerprint density at radius 2 is 1.70 bits per heavy atom. The van der Waals surface area contributed by atoms with Gasteiger partial charge in [0.1, 0.15) is 22.8 Å². The van der Waals surface area contributed by atoms with Crippen LogP contribution in [-0.2, 0) is 30.0 Å². The van der Waals surface area contributed by atoms with Gasteiger partial charge in [-0.3, -0.25) is 19.3 Å². The number of aliphatic hydroxyl groups excluding tert-OH is 2. The third-order valence-corrected chi connectivity index (χ3v) is 10.2. The van der Waals surface area contributed by atoms with Crippen molar-refractivity contribution in [2.75, 3.05) is 26.1 Å². The van der Waals surface area contributed by atoms with Gasteiger partial charge in [0.05, 0.1) is 28.8 Å². The number of rotatable bonds is 7. The number of ketones is 2. The Morgan fingerprint density at radius 1 is 1.06 bits per heavy atom. The van der Waals surface area contributed by atoms with E-state index in [0.29, 0.717) is 5.69 Å². The summed E-state index contributed by atoms with van der Waals surface area (Å²) in [7, 11) is -1.16.